The molecule has 5 nitrogen and oxygen atoms in total. The molecule has 2 aliphatic heterocycles. The fourth-order valence-corrected chi connectivity index (χ4v) is 11.7. The number of hydrogen-bond donors (Lipinski definition) is 0. The van der Waals surface area contributed by atoms with Gasteiger partial charge in [-0.1, -0.05) is 142 Å². The average Bonchev–Trinajstić information content (AvgIpc) is 3.46. The van der Waals surface area contributed by atoms with Gasteiger partial charge >= 0.3 is 5.97 Å². The van der Waals surface area contributed by atoms with Gasteiger partial charge in [0.25, 0.3) is 0 Å². The topological polar surface area (TPSA) is 54.0 Å². The van der Waals surface area contributed by atoms with Crippen LogP contribution in [0.15, 0.2) is 121 Å². The molecule has 2 unspecified atom stereocenters. The molecule has 6 atom stereocenters. The van der Waals surface area contributed by atoms with Crippen molar-refractivity contribution in [2.24, 2.45) is 28.6 Å². The number of fused-ring (bicyclic) bond motifs is 1. The Morgan fingerprint density at radius 1 is 0.796 bits per heavy atom. The molecule has 0 spiro atoms. The largest absolute Gasteiger partial charge is 0.465 e. The lowest BCUT2D eigenvalue weighted by atomic mass is 9.54. The van der Waals surface area contributed by atoms with E-state index in [9.17, 15) is 4.79 Å². The number of esters is 1. The summed E-state index contributed by atoms with van der Waals surface area (Å²) >= 11 is 0. The van der Waals surface area contributed by atoms with Gasteiger partial charge < -0.3 is 18.6 Å². The molecule has 0 radical (unpaired) electrons. The van der Waals surface area contributed by atoms with E-state index in [-0.39, 0.29) is 48.1 Å². The Morgan fingerprint density at radius 2 is 1.35 bits per heavy atom. The molecule has 7 rings (SSSR count). The Morgan fingerprint density at radius 3 is 1.86 bits per heavy atom. The van der Waals surface area contributed by atoms with Crippen molar-refractivity contribution in [1.82, 2.24) is 0 Å². The van der Waals surface area contributed by atoms with Crippen LogP contribution < -0.4 is 10.4 Å². The molecule has 3 aliphatic rings. The van der Waals surface area contributed by atoms with Gasteiger partial charge in [-0.15, -0.1) is 0 Å². The molecule has 4 aromatic carbocycles. The third-order valence-electron chi connectivity index (χ3n) is 11.3. The fourth-order valence-electron chi connectivity index (χ4n) is 9.37. The Hall–Kier alpha value is -3.55. The van der Waals surface area contributed by atoms with Gasteiger partial charge in [-0.2, -0.15) is 0 Å². The zero-order valence-corrected chi connectivity index (χ0v) is 30.2. The monoisotopic (exact) mass is 674 g/mol. The summed E-state index contributed by atoms with van der Waals surface area (Å²) in [6.45, 7) is 8.35. The maximum atomic E-state index is 14.5. The van der Waals surface area contributed by atoms with Crippen LogP contribution in [0.5, 0.6) is 0 Å². The van der Waals surface area contributed by atoms with E-state index in [4.69, 9.17) is 18.6 Å². The molecule has 49 heavy (non-hydrogen) atoms. The molecule has 3 fully saturated rings. The highest BCUT2D eigenvalue weighted by Gasteiger charge is 2.67. The van der Waals surface area contributed by atoms with Gasteiger partial charge in [0, 0.05) is 30.5 Å². The summed E-state index contributed by atoms with van der Waals surface area (Å²) in [4.78, 5) is 14.5. The third-order valence-corrected chi connectivity index (χ3v) is 13.8. The van der Waals surface area contributed by atoms with Gasteiger partial charge in [0.1, 0.15) is 0 Å². The lowest BCUT2D eigenvalue weighted by Gasteiger charge is -2.52. The first-order chi connectivity index (χ1) is 23.9. The Labute approximate surface area is 293 Å². The lowest BCUT2D eigenvalue weighted by Crippen LogP contribution is -2.55. The minimum atomic E-state index is -2.15. The molecule has 6 heteroatoms. The quantitative estimate of drug-likeness (QED) is 0.132. The van der Waals surface area contributed by atoms with E-state index >= 15 is 0 Å². The summed E-state index contributed by atoms with van der Waals surface area (Å²) in [6.07, 6.45) is 3.46. The van der Waals surface area contributed by atoms with Crippen LogP contribution in [-0.2, 0) is 23.4 Å². The number of hydrogen-bond acceptors (Lipinski definition) is 5. The van der Waals surface area contributed by atoms with Crippen LogP contribution >= 0.6 is 0 Å². The summed E-state index contributed by atoms with van der Waals surface area (Å²) in [5, 5.41) is 2.39. The van der Waals surface area contributed by atoms with Crippen molar-refractivity contribution in [3.8, 4) is 0 Å². The van der Waals surface area contributed by atoms with Gasteiger partial charge in [0.15, 0.2) is 6.29 Å². The van der Waals surface area contributed by atoms with Crippen molar-refractivity contribution in [2.75, 3.05) is 19.8 Å². The van der Waals surface area contributed by atoms with Crippen molar-refractivity contribution in [2.45, 2.75) is 64.8 Å². The first-order valence-electron chi connectivity index (χ1n) is 18.1. The minimum absolute atomic E-state index is 0.0476. The number of benzene rings is 4. The van der Waals surface area contributed by atoms with E-state index in [1.54, 1.807) is 0 Å². The van der Waals surface area contributed by atoms with Gasteiger partial charge in [0.2, 0.25) is 9.04 Å². The summed E-state index contributed by atoms with van der Waals surface area (Å²) in [5.41, 5.74) is 1.78. The predicted molar refractivity (Wildman–Crippen MR) is 196 cm³/mol. The van der Waals surface area contributed by atoms with Gasteiger partial charge in [-0.25, -0.2) is 0 Å². The fraction of sp³-hybridized carbons (Fsp3) is 0.419. The summed E-state index contributed by atoms with van der Waals surface area (Å²) in [5.74, 6) is -0.541. The van der Waals surface area contributed by atoms with Gasteiger partial charge in [-0.05, 0) is 58.5 Å². The van der Waals surface area contributed by atoms with Gasteiger partial charge in [-0.3, -0.25) is 4.79 Å². The number of rotatable bonds is 10. The summed E-state index contributed by atoms with van der Waals surface area (Å²) < 4.78 is 26.7. The molecule has 0 amide bonds. The molecule has 0 aromatic heterocycles. The number of carbonyl (C=O) groups excluding carboxylic acids is 1. The normalized spacial score (nSPS) is 27.2. The van der Waals surface area contributed by atoms with E-state index in [2.05, 4.69) is 130 Å². The summed E-state index contributed by atoms with van der Waals surface area (Å²) in [7, 11) is -2.15. The second-order valence-electron chi connectivity index (χ2n) is 15.3. The molecular formula is C43H50O5Si. The Bertz CT molecular complexity index is 1560. The highest BCUT2D eigenvalue weighted by Crippen LogP contribution is 2.66. The molecule has 2 saturated heterocycles. The maximum Gasteiger partial charge on any atom is 0.311 e. The third kappa shape index (κ3) is 6.94. The van der Waals surface area contributed by atoms with E-state index in [1.165, 1.54) is 21.5 Å². The van der Waals surface area contributed by atoms with E-state index in [0.29, 0.717) is 6.61 Å². The van der Waals surface area contributed by atoms with Crippen molar-refractivity contribution in [3.63, 3.8) is 0 Å². The van der Waals surface area contributed by atoms with Crippen LogP contribution in [0.25, 0.3) is 0 Å². The lowest BCUT2D eigenvalue weighted by molar-refractivity contribution is -0.203. The minimum Gasteiger partial charge on any atom is -0.465 e. The van der Waals surface area contributed by atoms with Crippen LogP contribution in [0.1, 0.15) is 63.5 Å². The smallest absolute Gasteiger partial charge is 0.311 e. The molecule has 4 aromatic rings. The van der Waals surface area contributed by atoms with Gasteiger partial charge in [0.05, 0.1) is 18.6 Å². The molecule has 0 N–H and O–H groups in total. The highest BCUT2D eigenvalue weighted by molar-refractivity contribution is 6.80. The maximum absolute atomic E-state index is 14.5. The van der Waals surface area contributed by atoms with Crippen molar-refractivity contribution in [1.29, 1.82) is 0 Å². The number of ether oxygens (including phenoxy) is 3. The molecular weight excluding hydrogens is 625 g/mol. The molecule has 1 aliphatic carbocycles. The van der Waals surface area contributed by atoms with Crippen LogP contribution in [-0.4, -0.2) is 47.2 Å². The van der Waals surface area contributed by atoms with E-state index in [0.717, 1.165) is 32.3 Å². The number of cyclic esters (lactones) is 1. The van der Waals surface area contributed by atoms with Crippen molar-refractivity contribution >= 4 is 25.4 Å². The van der Waals surface area contributed by atoms with E-state index < -0.39 is 20.4 Å². The Balaban J connectivity index is 1.37. The SMILES string of the molecule is CC(C)(C)[C@@H]1[C@H]2COC(=O)C(CO[SiH](c3ccccc3)c3ccccc3)[C@@]2(C(c2ccccc2)c2ccccc2)C[C@H]1OC1CCCCO1. The second kappa shape index (κ2) is 14.7. The number of carbonyl (C=O) groups is 1. The molecule has 256 valence electrons. The first kappa shape index (κ1) is 33.9. The van der Waals surface area contributed by atoms with E-state index in [1.807, 2.05) is 12.1 Å². The standard InChI is InChI=1S/C43H50O5Si/c1-42(2,3)40-35-29-46-41(44)36(30-47-49(33-22-12-6-13-23-33)34-24-14-7-15-25-34)43(35,28-37(40)48-38-26-16-17-27-45-38)39(31-18-8-4-9-19-31)32-20-10-5-11-21-32/h4-15,18-25,35-40,49H,16-17,26-30H2,1-3H3/t35-,36?,37-,38?,40-,43-/m1/s1. The Kier molecular flexibility index (Phi) is 10.2. The zero-order valence-electron chi connectivity index (χ0n) is 29.1. The summed E-state index contributed by atoms with van der Waals surface area (Å²) in [6, 6.07) is 42.6. The van der Waals surface area contributed by atoms with Crippen LogP contribution in [0.2, 0.25) is 0 Å². The highest BCUT2D eigenvalue weighted by atomic mass is 28.3. The molecule has 0 bridgehead atoms. The first-order valence-corrected chi connectivity index (χ1v) is 19.7. The predicted octanol–water partition coefficient (Wildman–Crippen LogP) is 7.13. The van der Waals surface area contributed by atoms with Crippen LogP contribution in [0.4, 0.5) is 0 Å². The second-order valence-corrected chi connectivity index (χ2v) is 17.7. The van der Waals surface area contributed by atoms with Crippen molar-refractivity contribution < 1.29 is 23.4 Å². The van der Waals surface area contributed by atoms with Crippen molar-refractivity contribution in [3.05, 3.63) is 132 Å². The molecule has 2 heterocycles. The van der Waals surface area contributed by atoms with Crippen LogP contribution in [0, 0.1) is 28.6 Å². The molecule has 1 saturated carbocycles. The zero-order chi connectivity index (χ0) is 33.8. The van der Waals surface area contributed by atoms with Crippen LogP contribution in [0.3, 0.4) is 0 Å². The average molecular weight is 675 g/mol.